The Morgan fingerprint density at radius 2 is 1.89 bits per heavy atom. The van der Waals surface area contributed by atoms with Crippen molar-refractivity contribution >= 4 is 5.91 Å². The van der Waals surface area contributed by atoms with Gasteiger partial charge in [-0.1, -0.05) is 23.8 Å². The highest BCUT2D eigenvalue weighted by molar-refractivity contribution is 5.85. The molecule has 1 unspecified atom stereocenters. The molecule has 3 nitrogen and oxygen atoms in total. The number of carbonyl (C=O) groups excluding carboxylic acids is 1. The van der Waals surface area contributed by atoms with Gasteiger partial charge in [0.1, 0.15) is 0 Å². The lowest BCUT2D eigenvalue weighted by Crippen LogP contribution is -2.51. The molecule has 0 saturated heterocycles. The number of hydrogen-bond donors (Lipinski definition) is 2. The number of nitrogens with one attached hydrogen (secondary N) is 2. The first-order valence-electron chi connectivity index (χ1n) is 6.35. The van der Waals surface area contributed by atoms with Crippen LogP contribution in [-0.2, 0) is 4.79 Å². The van der Waals surface area contributed by atoms with E-state index in [9.17, 15) is 4.79 Å². The molecule has 2 N–H and O–H groups in total. The van der Waals surface area contributed by atoms with Gasteiger partial charge in [-0.05, 0) is 52.8 Å². The van der Waals surface area contributed by atoms with Gasteiger partial charge in [0.15, 0.2) is 0 Å². The van der Waals surface area contributed by atoms with Crippen LogP contribution >= 0.6 is 0 Å². The van der Waals surface area contributed by atoms with E-state index in [2.05, 4.69) is 42.7 Å². The van der Waals surface area contributed by atoms with Crippen LogP contribution < -0.4 is 10.6 Å². The number of benzene rings is 1. The number of likely N-dealkylation sites (N-methyl/N-ethyl adjacent to an activating group) is 1. The van der Waals surface area contributed by atoms with Gasteiger partial charge in [0.05, 0.1) is 11.6 Å². The summed E-state index contributed by atoms with van der Waals surface area (Å²) in [5, 5.41) is 6.06. The largest absolute Gasteiger partial charge is 0.348 e. The molecule has 0 aliphatic carbocycles. The fourth-order valence-electron chi connectivity index (χ4n) is 1.88. The third-order valence-corrected chi connectivity index (χ3v) is 3.43. The molecule has 0 radical (unpaired) electrons. The van der Waals surface area contributed by atoms with E-state index < -0.39 is 5.54 Å². The molecule has 0 aromatic heterocycles. The maximum Gasteiger partial charge on any atom is 0.240 e. The summed E-state index contributed by atoms with van der Waals surface area (Å²) in [6.45, 7) is 9.91. The van der Waals surface area contributed by atoms with E-state index in [1.54, 1.807) is 7.05 Å². The van der Waals surface area contributed by atoms with Gasteiger partial charge in [-0.15, -0.1) is 0 Å². The van der Waals surface area contributed by atoms with Crippen LogP contribution in [0, 0.1) is 13.8 Å². The van der Waals surface area contributed by atoms with E-state index in [0.717, 1.165) is 0 Å². The Bertz CT molecular complexity index is 438. The topological polar surface area (TPSA) is 41.1 Å². The van der Waals surface area contributed by atoms with E-state index in [4.69, 9.17) is 0 Å². The molecular formula is C15H24N2O. The Morgan fingerprint density at radius 1 is 1.28 bits per heavy atom. The summed E-state index contributed by atoms with van der Waals surface area (Å²) in [5.74, 6) is 0.0116. The zero-order chi connectivity index (χ0) is 13.9. The summed E-state index contributed by atoms with van der Waals surface area (Å²) < 4.78 is 0. The fraction of sp³-hybridized carbons (Fsp3) is 0.533. The minimum Gasteiger partial charge on any atom is -0.348 e. The summed E-state index contributed by atoms with van der Waals surface area (Å²) >= 11 is 0. The average molecular weight is 248 g/mol. The maximum absolute atomic E-state index is 12.1. The van der Waals surface area contributed by atoms with Crippen molar-refractivity contribution in [1.82, 2.24) is 10.6 Å². The summed E-state index contributed by atoms with van der Waals surface area (Å²) in [5.41, 5.74) is 3.07. The van der Waals surface area contributed by atoms with Gasteiger partial charge in [-0.25, -0.2) is 0 Å². The van der Waals surface area contributed by atoms with Gasteiger partial charge < -0.3 is 10.6 Å². The van der Waals surface area contributed by atoms with Crippen molar-refractivity contribution in [2.24, 2.45) is 0 Å². The van der Waals surface area contributed by atoms with E-state index in [1.165, 1.54) is 16.7 Å². The molecule has 1 atom stereocenters. The number of carbonyl (C=O) groups is 1. The number of aryl methyl sites for hydroxylation is 2. The standard InChI is InChI=1S/C15H24N2O/c1-10-7-8-13(11(2)9-10)12(3)17-14(18)15(4,5)16-6/h7-9,12,16H,1-6H3,(H,17,18). The minimum atomic E-state index is -0.549. The molecule has 1 aromatic carbocycles. The Kier molecular flexibility index (Phi) is 4.52. The molecule has 1 rings (SSSR count). The Labute approximate surface area is 110 Å². The maximum atomic E-state index is 12.1. The smallest absolute Gasteiger partial charge is 0.240 e. The number of rotatable bonds is 4. The van der Waals surface area contributed by atoms with Crippen LogP contribution in [0.3, 0.4) is 0 Å². The second kappa shape index (κ2) is 5.53. The molecule has 1 aromatic rings. The molecule has 100 valence electrons. The van der Waals surface area contributed by atoms with Crippen LogP contribution in [0.1, 0.15) is 43.5 Å². The summed E-state index contributed by atoms with van der Waals surface area (Å²) in [4.78, 5) is 12.1. The normalized spacial score (nSPS) is 13.2. The lowest BCUT2D eigenvalue weighted by Gasteiger charge is -2.26. The first kappa shape index (κ1) is 14.7. The molecule has 18 heavy (non-hydrogen) atoms. The molecule has 1 amide bonds. The van der Waals surface area contributed by atoms with Crippen LogP contribution in [0.15, 0.2) is 18.2 Å². The van der Waals surface area contributed by atoms with Gasteiger partial charge in [0, 0.05) is 0 Å². The van der Waals surface area contributed by atoms with Crippen molar-refractivity contribution in [2.75, 3.05) is 7.05 Å². The second-order valence-electron chi connectivity index (χ2n) is 5.43. The highest BCUT2D eigenvalue weighted by Crippen LogP contribution is 2.19. The molecule has 0 fully saturated rings. The monoisotopic (exact) mass is 248 g/mol. The zero-order valence-electron chi connectivity index (χ0n) is 12.2. The van der Waals surface area contributed by atoms with Crippen LogP contribution in [0.4, 0.5) is 0 Å². The Hall–Kier alpha value is -1.35. The molecule has 0 aliphatic rings. The molecule has 0 bridgehead atoms. The van der Waals surface area contributed by atoms with Crippen molar-refractivity contribution < 1.29 is 4.79 Å². The Balaban J connectivity index is 2.83. The molecule has 0 saturated carbocycles. The average Bonchev–Trinajstić information content (AvgIpc) is 2.28. The minimum absolute atomic E-state index is 0.0116. The van der Waals surface area contributed by atoms with Gasteiger partial charge in [0.2, 0.25) is 5.91 Å². The zero-order valence-corrected chi connectivity index (χ0v) is 12.2. The van der Waals surface area contributed by atoms with Crippen molar-refractivity contribution in [2.45, 2.75) is 46.2 Å². The Morgan fingerprint density at radius 3 is 2.39 bits per heavy atom. The van der Waals surface area contributed by atoms with Crippen LogP contribution in [-0.4, -0.2) is 18.5 Å². The van der Waals surface area contributed by atoms with Crippen molar-refractivity contribution in [3.05, 3.63) is 34.9 Å². The number of amides is 1. The quantitative estimate of drug-likeness (QED) is 0.859. The highest BCUT2D eigenvalue weighted by atomic mass is 16.2. The summed E-state index contributed by atoms with van der Waals surface area (Å²) in [6.07, 6.45) is 0. The predicted octanol–water partition coefficient (Wildman–Crippen LogP) is 2.48. The molecule has 0 aliphatic heterocycles. The fourth-order valence-corrected chi connectivity index (χ4v) is 1.88. The SMILES string of the molecule is CNC(C)(C)C(=O)NC(C)c1ccc(C)cc1C. The van der Waals surface area contributed by atoms with Gasteiger partial charge in [-0.3, -0.25) is 4.79 Å². The third-order valence-electron chi connectivity index (χ3n) is 3.43. The van der Waals surface area contributed by atoms with Gasteiger partial charge >= 0.3 is 0 Å². The predicted molar refractivity (Wildman–Crippen MR) is 75.6 cm³/mol. The van der Waals surface area contributed by atoms with E-state index in [0.29, 0.717) is 0 Å². The molecule has 0 spiro atoms. The third kappa shape index (κ3) is 3.33. The van der Waals surface area contributed by atoms with Gasteiger partial charge in [-0.2, -0.15) is 0 Å². The first-order valence-corrected chi connectivity index (χ1v) is 6.35. The van der Waals surface area contributed by atoms with Gasteiger partial charge in [0.25, 0.3) is 0 Å². The van der Waals surface area contributed by atoms with Crippen molar-refractivity contribution in [3.8, 4) is 0 Å². The molecular weight excluding hydrogens is 224 g/mol. The highest BCUT2D eigenvalue weighted by Gasteiger charge is 2.26. The summed E-state index contributed by atoms with van der Waals surface area (Å²) in [7, 11) is 1.79. The van der Waals surface area contributed by atoms with E-state index in [1.807, 2.05) is 20.8 Å². The van der Waals surface area contributed by atoms with Crippen LogP contribution in [0.5, 0.6) is 0 Å². The summed E-state index contributed by atoms with van der Waals surface area (Å²) in [6, 6.07) is 6.32. The second-order valence-corrected chi connectivity index (χ2v) is 5.43. The van der Waals surface area contributed by atoms with Crippen molar-refractivity contribution in [1.29, 1.82) is 0 Å². The van der Waals surface area contributed by atoms with Crippen LogP contribution in [0.2, 0.25) is 0 Å². The lowest BCUT2D eigenvalue weighted by atomic mass is 9.98. The molecule has 3 heteroatoms. The van der Waals surface area contributed by atoms with E-state index >= 15 is 0 Å². The first-order chi connectivity index (χ1) is 8.27. The van der Waals surface area contributed by atoms with Crippen LogP contribution in [0.25, 0.3) is 0 Å². The molecule has 0 heterocycles. The number of hydrogen-bond acceptors (Lipinski definition) is 2. The lowest BCUT2D eigenvalue weighted by molar-refractivity contribution is -0.126. The van der Waals surface area contributed by atoms with Crippen molar-refractivity contribution in [3.63, 3.8) is 0 Å². The van der Waals surface area contributed by atoms with E-state index in [-0.39, 0.29) is 11.9 Å².